The van der Waals surface area contributed by atoms with Crippen molar-refractivity contribution in [2.24, 2.45) is 17.6 Å². The molecular weight excluding hydrogens is 138 g/mol. The average molecular weight is 153 g/mol. The molecule has 1 saturated carbocycles. The summed E-state index contributed by atoms with van der Waals surface area (Å²) in [6.07, 6.45) is 6.92. The van der Waals surface area contributed by atoms with E-state index in [-0.39, 0.29) is 5.54 Å². The summed E-state index contributed by atoms with van der Waals surface area (Å²) in [6, 6.07) is 0. The van der Waals surface area contributed by atoms with Crippen LogP contribution in [0.4, 0.5) is 0 Å². The van der Waals surface area contributed by atoms with Crippen LogP contribution in [-0.4, -0.2) is 19.3 Å². The zero-order valence-corrected chi connectivity index (χ0v) is 6.92. The summed E-state index contributed by atoms with van der Waals surface area (Å²) in [6.45, 7) is 0.707. The maximum absolute atomic E-state index is 6.18. The Morgan fingerprint density at radius 1 is 1.64 bits per heavy atom. The van der Waals surface area contributed by atoms with E-state index in [1.54, 1.807) is 7.11 Å². The highest BCUT2D eigenvalue weighted by molar-refractivity contribution is 5.18. The fourth-order valence-corrected chi connectivity index (χ4v) is 2.43. The van der Waals surface area contributed by atoms with Crippen molar-refractivity contribution < 1.29 is 4.74 Å². The van der Waals surface area contributed by atoms with Crippen molar-refractivity contribution in [2.75, 3.05) is 13.7 Å². The van der Waals surface area contributed by atoms with Gasteiger partial charge in [0.15, 0.2) is 0 Å². The zero-order chi connectivity index (χ0) is 7.90. The van der Waals surface area contributed by atoms with E-state index in [0.717, 1.165) is 12.3 Å². The molecule has 0 heterocycles. The van der Waals surface area contributed by atoms with Gasteiger partial charge in [-0.15, -0.1) is 0 Å². The fourth-order valence-electron chi connectivity index (χ4n) is 2.43. The second-order valence-corrected chi connectivity index (χ2v) is 3.86. The van der Waals surface area contributed by atoms with Gasteiger partial charge in [-0.2, -0.15) is 0 Å². The number of nitrogens with two attached hydrogens (primary N) is 1. The van der Waals surface area contributed by atoms with E-state index in [0.29, 0.717) is 12.5 Å². The molecule has 2 rings (SSSR count). The zero-order valence-electron chi connectivity index (χ0n) is 6.92. The Morgan fingerprint density at radius 3 is 2.91 bits per heavy atom. The largest absolute Gasteiger partial charge is 0.383 e. The van der Waals surface area contributed by atoms with Gasteiger partial charge in [0.05, 0.1) is 6.61 Å². The van der Waals surface area contributed by atoms with Crippen LogP contribution < -0.4 is 5.73 Å². The molecule has 0 spiro atoms. The third-order valence-corrected chi connectivity index (χ3v) is 2.97. The third kappa shape index (κ3) is 1.01. The van der Waals surface area contributed by atoms with Gasteiger partial charge in [0.2, 0.25) is 0 Å². The summed E-state index contributed by atoms with van der Waals surface area (Å²) >= 11 is 0. The summed E-state index contributed by atoms with van der Waals surface area (Å²) in [5.41, 5.74) is 6.13. The average Bonchev–Trinajstić information content (AvgIpc) is 2.45. The van der Waals surface area contributed by atoms with Gasteiger partial charge in [0.25, 0.3) is 0 Å². The molecule has 0 aromatic carbocycles. The number of methoxy groups -OCH3 is 1. The lowest BCUT2D eigenvalue weighted by Gasteiger charge is -2.30. The molecule has 11 heavy (non-hydrogen) atoms. The van der Waals surface area contributed by atoms with Gasteiger partial charge < -0.3 is 10.5 Å². The van der Waals surface area contributed by atoms with Crippen LogP contribution in [0.1, 0.15) is 12.8 Å². The predicted octanol–water partition coefficient (Wildman–Crippen LogP) is 0.926. The van der Waals surface area contributed by atoms with Crippen molar-refractivity contribution >= 4 is 0 Å². The van der Waals surface area contributed by atoms with Crippen molar-refractivity contribution in [1.29, 1.82) is 0 Å². The molecule has 2 N–H and O–H groups in total. The van der Waals surface area contributed by atoms with Crippen LogP contribution in [0.15, 0.2) is 12.2 Å². The minimum atomic E-state index is -0.0475. The second kappa shape index (κ2) is 2.32. The smallest absolute Gasteiger partial charge is 0.0648 e. The van der Waals surface area contributed by atoms with Crippen molar-refractivity contribution in [3.8, 4) is 0 Å². The normalized spacial score (nSPS) is 47.1. The van der Waals surface area contributed by atoms with E-state index in [9.17, 15) is 0 Å². The van der Waals surface area contributed by atoms with Gasteiger partial charge in [-0.05, 0) is 24.7 Å². The fraction of sp³-hybridized carbons (Fsp3) is 0.778. The molecule has 0 aliphatic heterocycles. The Kier molecular flexibility index (Phi) is 1.55. The molecular formula is C9H15NO. The highest BCUT2D eigenvalue weighted by Gasteiger charge is 2.45. The van der Waals surface area contributed by atoms with E-state index in [1.807, 2.05) is 0 Å². The second-order valence-electron chi connectivity index (χ2n) is 3.86. The quantitative estimate of drug-likeness (QED) is 0.599. The maximum Gasteiger partial charge on any atom is 0.0648 e. The molecule has 2 heteroatoms. The van der Waals surface area contributed by atoms with Crippen molar-refractivity contribution in [3.05, 3.63) is 12.2 Å². The summed E-state index contributed by atoms with van der Waals surface area (Å²) in [5.74, 6) is 1.31. The summed E-state index contributed by atoms with van der Waals surface area (Å²) in [7, 11) is 1.73. The predicted molar refractivity (Wildman–Crippen MR) is 44.1 cm³/mol. The lowest BCUT2D eigenvalue weighted by atomic mass is 9.86. The van der Waals surface area contributed by atoms with Crippen molar-refractivity contribution in [3.63, 3.8) is 0 Å². The van der Waals surface area contributed by atoms with Gasteiger partial charge in [-0.1, -0.05) is 12.2 Å². The van der Waals surface area contributed by atoms with Crippen LogP contribution in [0, 0.1) is 11.8 Å². The first-order chi connectivity index (χ1) is 5.24. The maximum atomic E-state index is 6.18. The molecule has 0 aromatic heterocycles. The molecule has 2 aliphatic carbocycles. The molecule has 62 valence electrons. The van der Waals surface area contributed by atoms with E-state index in [1.165, 1.54) is 6.42 Å². The van der Waals surface area contributed by atoms with Crippen LogP contribution in [0.5, 0.6) is 0 Å². The van der Waals surface area contributed by atoms with Crippen LogP contribution in [0.3, 0.4) is 0 Å². The van der Waals surface area contributed by atoms with Gasteiger partial charge in [-0.25, -0.2) is 0 Å². The Morgan fingerprint density at radius 2 is 2.45 bits per heavy atom. The standard InChI is InChI=1S/C9H15NO/c1-11-6-9(10)5-7-2-3-8(9)4-7/h2-3,7-8H,4-6,10H2,1H3. The SMILES string of the molecule is COCC1(N)CC2C=CC1C2. The first-order valence-corrected chi connectivity index (χ1v) is 4.21. The van der Waals surface area contributed by atoms with E-state index in [4.69, 9.17) is 10.5 Å². The van der Waals surface area contributed by atoms with E-state index < -0.39 is 0 Å². The Hall–Kier alpha value is -0.340. The lowest BCUT2D eigenvalue weighted by Crippen LogP contribution is -2.47. The van der Waals surface area contributed by atoms with Crippen LogP contribution in [0.25, 0.3) is 0 Å². The molecule has 2 aliphatic rings. The van der Waals surface area contributed by atoms with E-state index in [2.05, 4.69) is 12.2 Å². The van der Waals surface area contributed by atoms with Crippen LogP contribution >= 0.6 is 0 Å². The van der Waals surface area contributed by atoms with Crippen molar-refractivity contribution in [2.45, 2.75) is 18.4 Å². The molecule has 0 saturated heterocycles. The number of allylic oxidation sites excluding steroid dienone is 1. The van der Waals surface area contributed by atoms with Gasteiger partial charge >= 0.3 is 0 Å². The van der Waals surface area contributed by atoms with Crippen LogP contribution in [0.2, 0.25) is 0 Å². The Labute approximate surface area is 67.4 Å². The van der Waals surface area contributed by atoms with Crippen molar-refractivity contribution in [1.82, 2.24) is 0 Å². The van der Waals surface area contributed by atoms with Gasteiger partial charge in [0, 0.05) is 12.6 Å². The molecule has 3 unspecified atom stereocenters. The highest BCUT2D eigenvalue weighted by atomic mass is 16.5. The number of hydrogen-bond acceptors (Lipinski definition) is 2. The van der Waals surface area contributed by atoms with Gasteiger partial charge in [-0.3, -0.25) is 0 Å². The van der Waals surface area contributed by atoms with Gasteiger partial charge in [0.1, 0.15) is 0 Å². The minimum Gasteiger partial charge on any atom is -0.383 e. The molecule has 0 amide bonds. The summed E-state index contributed by atoms with van der Waals surface area (Å²) in [4.78, 5) is 0. The molecule has 3 atom stereocenters. The molecule has 2 nitrogen and oxygen atoms in total. The van der Waals surface area contributed by atoms with E-state index >= 15 is 0 Å². The Bertz CT molecular complexity index is 190. The number of fused-ring (bicyclic) bond motifs is 2. The number of hydrogen-bond donors (Lipinski definition) is 1. The Balaban J connectivity index is 2.11. The minimum absolute atomic E-state index is 0.0475. The molecule has 2 bridgehead atoms. The monoisotopic (exact) mass is 153 g/mol. The summed E-state index contributed by atoms with van der Waals surface area (Å²) in [5, 5.41) is 0. The summed E-state index contributed by atoms with van der Waals surface area (Å²) < 4.78 is 5.12. The number of rotatable bonds is 2. The first kappa shape index (κ1) is 7.32. The topological polar surface area (TPSA) is 35.2 Å². The highest BCUT2D eigenvalue weighted by Crippen LogP contribution is 2.44. The number of ether oxygens (including phenoxy) is 1. The molecule has 0 radical (unpaired) electrons. The third-order valence-electron chi connectivity index (χ3n) is 2.97. The molecule has 0 aromatic rings. The molecule has 1 fully saturated rings. The first-order valence-electron chi connectivity index (χ1n) is 4.21. The van der Waals surface area contributed by atoms with Crippen LogP contribution in [-0.2, 0) is 4.74 Å². The lowest BCUT2D eigenvalue weighted by molar-refractivity contribution is 0.117.